The van der Waals surface area contributed by atoms with Crippen molar-refractivity contribution in [3.8, 4) is 0 Å². The van der Waals surface area contributed by atoms with Crippen LogP contribution in [0.3, 0.4) is 0 Å². The molecule has 1 rings (SSSR count). The summed E-state index contributed by atoms with van der Waals surface area (Å²) in [6, 6.07) is -0.0128. The Morgan fingerprint density at radius 3 is 3.00 bits per heavy atom. The van der Waals surface area contributed by atoms with E-state index >= 15 is 0 Å². The summed E-state index contributed by atoms with van der Waals surface area (Å²) in [5, 5.41) is 0. The van der Waals surface area contributed by atoms with Crippen LogP contribution in [-0.2, 0) is 9.53 Å². The van der Waals surface area contributed by atoms with Crippen molar-refractivity contribution < 1.29 is 9.53 Å². The van der Waals surface area contributed by atoms with Crippen LogP contribution in [0, 0.1) is 5.92 Å². The Morgan fingerprint density at radius 1 is 1.67 bits per heavy atom. The molecule has 0 N–H and O–H groups in total. The van der Waals surface area contributed by atoms with Crippen molar-refractivity contribution in [2.24, 2.45) is 5.92 Å². The normalized spacial score (nSPS) is 26.1. The van der Waals surface area contributed by atoms with E-state index in [0.29, 0.717) is 12.5 Å². The molecular formula is C9H17NO2. The van der Waals surface area contributed by atoms with Crippen molar-refractivity contribution in [1.82, 2.24) is 4.90 Å². The molecule has 1 saturated heterocycles. The van der Waals surface area contributed by atoms with Gasteiger partial charge in [0.2, 0.25) is 0 Å². The first kappa shape index (κ1) is 9.68. The largest absolute Gasteiger partial charge is 0.378 e. The molecule has 3 nitrogen and oxygen atoms in total. The van der Waals surface area contributed by atoms with Crippen LogP contribution in [0.25, 0.3) is 0 Å². The molecule has 0 amide bonds. The highest BCUT2D eigenvalue weighted by Gasteiger charge is 2.22. The van der Waals surface area contributed by atoms with E-state index in [0.717, 1.165) is 26.0 Å². The third-order valence-corrected chi connectivity index (χ3v) is 2.04. The second-order valence-corrected chi connectivity index (χ2v) is 3.67. The fourth-order valence-electron chi connectivity index (χ4n) is 1.48. The quantitative estimate of drug-likeness (QED) is 0.580. The fourth-order valence-corrected chi connectivity index (χ4v) is 1.48. The Hall–Kier alpha value is -0.410. The molecule has 0 aromatic rings. The molecule has 0 bridgehead atoms. The third kappa shape index (κ3) is 2.57. The van der Waals surface area contributed by atoms with Crippen molar-refractivity contribution >= 4 is 6.29 Å². The van der Waals surface area contributed by atoms with Crippen LogP contribution in [-0.4, -0.2) is 43.5 Å². The average molecular weight is 171 g/mol. The van der Waals surface area contributed by atoms with Crippen LogP contribution < -0.4 is 0 Å². The molecule has 0 radical (unpaired) electrons. The van der Waals surface area contributed by atoms with E-state index in [1.807, 2.05) is 0 Å². The van der Waals surface area contributed by atoms with E-state index in [1.165, 1.54) is 0 Å². The summed E-state index contributed by atoms with van der Waals surface area (Å²) >= 11 is 0. The molecule has 12 heavy (non-hydrogen) atoms. The van der Waals surface area contributed by atoms with Crippen LogP contribution in [0.4, 0.5) is 0 Å². The second-order valence-electron chi connectivity index (χ2n) is 3.67. The van der Waals surface area contributed by atoms with E-state index in [4.69, 9.17) is 4.74 Å². The van der Waals surface area contributed by atoms with Crippen LogP contribution in [0.1, 0.15) is 13.8 Å². The number of ether oxygens (including phenoxy) is 1. The molecule has 1 aliphatic heterocycles. The van der Waals surface area contributed by atoms with Gasteiger partial charge < -0.3 is 9.53 Å². The van der Waals surface area contributed by atoms with E-state index in [2.05, 4.69) is 18.7 Å². The van der Waals surface area contributed by atoms with Gasteiger partial charge in [0, 0.05) is 13.1 Å². The number of nitrogens with zero attached hydrogens (tertiary/aromatic N) is 1. The maximum absolute atomic E-state index is 10.6. The highest BCUT2D eigenvalue weighted by atomic mass is 16.5. The third-order valence-electron chi connectivity index (χ3n) is 2.04. The molecule has 0 unspecified atom stereocenters. The highest BCUT2D eigenvalue weighted by Crippen LogP contribution is 2.07. The zero-order chi connectivity index (χ0) is 8.97. The lowest BCUT2D eigenvalue weighted by atomic mass is 10.1. The predicted molar refractivity (Wildman–Crippen MR) is 47.1 cm³/mol. The Bertz CT molecular complexity index is 147. The van der Waals surface area contributed by atoms with Gasteiger partial charge in [0.1, 0.15) is 6.29 Å². The SMILES string of the molecule is CC(C)CN1CCOC[C@H]1C=O. The van der Waals surface area contributed by atoms with Gasteiger partial charge >= 0.3 is 0 Å². The van der Waals surface area contributed by atoms with Gasteiger partial charge in [-0.05, 0) is 5.92 Å². The first-order valence-corrected chi connectivity index (χ1v) is 4.51. The molecule has 0 saturated carbocycles. The summed E-state index contributed by atoms with van der Waals surface area (Å²) in [6.07, 6.45) is 0.988. The highest BCUT2D eigenvalue weighted by molar-refractivity contribution is 5.57. The van der Waals surface area contributed by atoms with Gasteiger partial charge in [0.05, 0.1) is 19.3 Å². The van der Waals surface area contributed by atoms with Gasteiger partial charge in [0.15, 0.2) is 0 Å². The minimum atomic E-state index is -0.0128. The summed E-state index contributed by atoms with van der Waals surface area (Å²) in [4.78, 5) is 12.8. The Labute approximate surface area is 73.7 Å². The van der Waals surface area contributed by atoms with Crippen LogP contribution in [0.2, 0.25) is 0 Å². The number of morpholine rings is 1. The van der Waals surface area contributed by atoms with Crippen molar-refractivity contribution in [1.29, 1.82) is 0 Å². The van der Waals surface area contributed by atoms with Gasteiger partial charge in [-0.25, -0.2) is 0 Å². The average Bonchev–Trinajstić information content (AvgIpc) is 2.04. The van der Waals surface area contributed by atoms with Crippen LogP contribution in [0.15, 0.2) is 0 Å². The number of hydrogen-bond donors (Lipinski definition) is 0. The zero-order valence-electron chi connectivity index (χ0n) is 7.82. The molecule has 1 atom stereocenters. The molecule has 0 aliphatic carbocycles. The van der Waals surface area contributed by atoms with Crippen molar-refractivity contribution in [3.05, 3.63) is 0 Å². The number of hydrogen-bond acceptors (Lipinski definition) is 3. The van der Waals surface area contributed by atoms with Gasteiger partial charge in [-0.2, -0.15) is 0 Å². The standard InChI is InChI=1S/C9H17NO2/c1-8(2)5-10-3-4-12-7-9(10)6-11/h6,8-9H,3-5,7H2,1-2H3/t9-/m1/s1. The number of carbonyl (C=O) groups excluding carboxylic acids is 1. The number of rotatable bonds is 3. The molecule has 1 heterocycles. The van der Waals surface area contributed by atoms with E-state index in [9.17, 15) is 4.79 Å². The first-order valence-electron chi connectivity index (χ1n) is 4.51. The molecule has 1 aliphatic rings. The molecule has 1 fully saturated rings. The monoisotopic (exact) mass is 171 g/mol. The summed E-state index contributed by atoms with van der Waals surface area (Å²) in [7, 11) is 0. The van der Waals surface area contributed by atoms with Gasteiger partial charge in [-0.15, -0.1) is 0 Å². The van der Waals surface area contributed by atoms with Gasteiger partial charge in [-0.3, -0.25) is 4.90 Å². The molecular weight excluding hydrogens is 154 g/mol. The molecule has 0 aromatic carbocycles. The Kier molecular flexibility index (Phi) is 3.69. The Morgan fingerprint density at radius 2 is 2.42 bits per heavy atom. The molecule has 0 spiro atoms. The number of aldehydes is 1. The van der Waals surface area contributed by atoms with Crippen LogP contribution >= 0.6 is 0 Å². The van der Waals surface area contributed by atoms with Crippen LogP contribution in [0.5, 0.6) is 0 Å². The smallest absolute Gasteiger partial charge is 0.139 e. The topological polar surface area (TPSA) is 29.5 Å². The fraction of sp³-hybridized carbons (Fsp3) is 0.889. The maximum Gasteiger partial charge on any atom is 0.139 e. The van der Waals surface area contributed by atoms with Crippen molar-refractivity contribution in [3.63, 3.8) is 0 Å². The Balaban J connectivity index is 2.41. The first-order chi connectivity index (χ1) is 5.74. The van der Waals surface area contributed by atoms with Crippen molar-refractivity contribution in [2.75, 3.05) is 26.3 Å². The van der Waals surface area contributed by atoms with E-state index in [-0.39, 0.29) is 6.04 Å². The lowest BCUT2D eigenvalue weighted by molar-refractivity contribution is -0.118. The van der Waals surface area contributed by atoms with Gasteiger partial charge in [-0.1, -0.05) is 13.8 Å². The zero-order valence-corrected chi connectivity index (χ0v) is 7.82. The molecule has 70 valence electrons. The number of carbonyl (C=O) groups is 1. The lowest BCUT2D eigenvalue weighted by Gasteiger charge is -2.33. The summed E-state index contributed by atoms with van der Waals surface area (Å²) in [6.45, 7) is 7.54. The summed E-state index contributed by atoms with van der Waals surface area (Å²) in [5.74, 6) is 0.616. The minimum absolute atomic E-state index is 0.0128. The predicted octanol–water partition coefficient (Wildman–Crippen LogP) is 0.542. The summed E-state index contributed by atoms with van der Waals surface area (Å²) in [5.41, 5.74) is 0. The lowest BCUT2D eigenvalue weighted by Crippen LogP contribution is -2.47. The van der Waals surface area contributed by atoms with Crippen molar-refractivity contribution in [2.45, 2.75) is 19.9 Å². The molecule has 3 heteroatoms. The van der Waals surface area contributed by atoms with Gasteiger partial charge in [0.25, 0.3) is 0 Å². The molecule has 0 aromatic heterocycles. The minimum Gasteiger partial charge on any atom is -0.378 e. The van der Waals surface area contributed by atoms with E-state index in [1.54, 1.807) is 0 Å². The van der Waals surface area contributed by atoms with E-state index < -0.39 is 0 Å². The summed E-state index contributed by atoms with van der Waals surface area (Å²) < 4.78 is 5.21. The second kappa shape index (κ2) is 4.58. The maximum atomic E-state index is 10.6.